The quantitative estimate of drug-likeness (QED) is 0.794. The maximum Gasteiger partial charge on any atom is 0.223 e. The molecule has 3 N–H and O–H groups in total. The summed E-state index contributed by atoms with van der Waals surface area (Å²) >= 11 is 0. The third kappa shape index (κ3) is 3.71. The minimum absolute atomic E-state index is 0.0637. The lowest BCUT2D eigenvalue weighted by atomic mass is 10.3. The van der Waals surface area contributed by atoms with E-state index < -0.39 is 0 Å². The highest BCUT2D eigenvalue weighted by atomic mass is 16.5. The van der Waals surface area contributed by atoms with Crippen LogP contribution in [0, 0.1) is 0 Å². The molecule has 0 saturated carbocycles. The van der Waals surface area contributed by atoms with Crippen LogP contribution in [0.4, 0.5) is 0 Å². The van der Waals surface area contributed by atoms with Crippen molar-refractivity contribution >= 4 is 17.0 Å². The fraction of sp³-hybridized carbons (Fsp3) is 0.429. The third-order valence-electron chi connectivity index (χ3n) is 2.77. The van der Waals surface area contributed by atoms with Crippen LogP contribution < -0.4 is 15.8 Å². The summed E-state index contributed by atoms with van der Waals surface area (Å²) in [7, 11) is 0. The Hall–Kier alpha value is -2.08. The van der Waals surface area contributed by atoms with Gasteiger partial charge in [-0.3, -0.25) is 4.79 Å². The number of fused-ring (bicyclic) bond motifs is 1. The minimum atomic E-state index is -0.0637. The average molecular weight is 277 g/mol. The Balaban J connectivity index is 1.88. The Bertz CT molecular complexity index is 580. The fourth-order valence-corrected chi connectivity index (χ4v) is 1.76. The van der Waals surface area contributed by atoms with Crippen LogP contribution in [0.5, 0.6) is 5.75 Å². The number of ether oxygens (including phenoxy) is 1. The zero-order valence-corrected chi connectivity index (χ0v) is 11.5. The van der Waals surface area contributed by atoms with E-state index in [4.69, 9.17) is 14.9 Å². The molecule has 108 valence electrons. The summed E-state index contributed by atoms with van der Waals surface area (Å²) < 4.78 is 11.1. The van der Waals surface area contributed by atoms with Crippen molar-refractivity contribution in [2.75, 3.05) is 19.7 Å². The van der Waals surface area contributed by atoms with Gasteiger partial charge >= 0.3 is 0 Å². The van der Waals surface area contributed by atoms with E-state index in [1.54, 1.807) is 0 Å². The van der Waals surface area contributed by atoms with E-state index in [1.165, 1.54) is 0 Å². The van der Waals surface area contributed by atoms with Crippen LogP contribution in [0.15, 0.2) is 22.6 Å². The number of amides is 1. The largest absolute Gasteiger partial charge is 0.493 e. The van der Waals surface area contributed by atoms with E-state index in [9.17, 15) is 4.79 Å². The standard InChI is InChI=1S/C14H19N3O3/c1-2-14-17-11-9-10(3-4-12(11)20-14)19-8-5-13(18)16-7-6-15/h3-4,9H,2,5-8,15H2,1H3,(H,16,18). The van der Waals surface area contributed by atoms with E-state index >= 15 is 0 Å². The van der Waals surface area contributed by atoms with Crippen LogP contribution in [0.1, 0.15) is 19.2 Å². The molecule has 20 heavy (non-hydrogen) atoms. The van der Waals surface area contributed by atoms with Gasteiger partial charge in [-0.25, -0.2) is 4.98 Å². The zero-order valence-electron chi connectivity index (χ0n) is 11.5. The minimum Gasteiger partial charge on any atom is -0.493 e. The molecule has 0 unspecified atom stereocenters. The molecule has 2 rings (SSSR count). The molecule has 0 aliphatic rings. The number of hydrogen-bond acceptors (Lipinski definition) is 5. The maximum atomic E-state index is 11.4. The summed E-state index contributed by atoms with van der Waals surface area (Å²) in [5.74, 6) is 1.32. The van der Waals surface area contributed by atoms with Gasteiger partial charge in [0.25, 0.3) is 0 Å². The van der Waals surface area contributed by atoms with Crippen molar-refractivity contribution in [3.05, 3.63) is 24.1 Å². The highest BCUT2D eigenvalue weighted by molar-refractivity contribution is 5.76. The Morgan fingerprint density at radius 3 is 3.10 bits per heavy atom. The second-order valence-electron chi connectivity index (χ2n) is 4.33. The molecular formula is C14H19N3O3. The number of hydrogen-bond donors (Lipinski definition) is 2. The molecule has 1 heterocycles. The van der Waals surface area contributed by atoms with Gasteiger partial charge in [0, 0.05) is 25.6 Å². The second-order valence-corrected chi connectivity index (χ2v) is 4.33. The van der Waals surface area contributed by atoms with Crippen LogP contribution in [0.2, 0.25) is 0 Å². The SMILES string of the molecule is CCc1nc2cc(OCCC(=O)NCCN)ccc2o1. The topological polar surface area (TPSA) is 90.4 Å². The summed E-state index contributed by atoms with van der Waals surface area (Å²) in [5.41, 5.74) is 6.82. The van der Waals surface area contributed by atoms with Crippen LogP contribution in [0.25, 0.3) is 11.1 Å². The Morgan fingerprint density at radius 2 is 2.35 bits per heavy atom. The van der Waals surface area contributed by atoms with E-state index in [0.717, 1.165) is 17.5 Å². The number of benzene rings is 1. The molecule has 2 aromatic rings. The average Bonchev–Trinajstić information content (AvgIpc) is 2.87. The molecule has 0 radical (unpaired) electrons. The van der Waals surface area contributed by atoms with Crippen molar-refractivity contribution in [3.8, 4) is 5.75 Å². The lowest BCUT2D eigenvalue weighted by Gasteiger charge is -2.06. The maximum absolute atomic E-state index is 11.4. The van der Waals surface area contributed by atoms with E-state index in [0.29, 0.717) is 37.8 Å². The number of nitrogens with one attached hydrogen (secondary N) is 1. The summed E-state index contributed by atoms with van der Waals surface area (Å²) in [5, 5.41) is 2.69. The predicted molar refractivity (Wildman–Crippen MR) is 75.6 cm³/mol. The molecule has 1 aromatic carbocycles. The second kappa shape index (κ2) is 6.91. The van der Waals surface area contributed by atoms with Crippen molar-refractivity contribution in [1.82, 2.24) is 10.3 Å². The highest BCUT2D eigenvalue weighted by Crippen LogP contribution is 2.21. The molecule has 0 aliphatic heterocycles. The Kier molecular flexibility index (Phi) is 4.95. The van der Waals surface area contributed by atoms with Gasteiger partial charge in [0.2, 0.25) is 5.91 Å². The van der Waals surface area contributed by atoms with Gasteiger partial charge in [-0.05, 0) is 12.1 Å². The van der Waals surface area contributed by atoms with Crippen molar-refractivity contribution < 1.29 is 13.9 Å². The van der Waals surface area contributed by atoms with Crippen LogP contribution in [-0.2, 0) is 11.2 Å². The summed E-state index contributed by atoms with van der Waals surface area (Å²) in [6.07, 6.45) is 1.06. The van der Waals surface area contributed by atoms with Gasteiger partial charge < -0.3 is 20.2 Å². The number of rotatable bonds is 7. The number of carbonyl (C=O) groups is 1. The van der Waals surface area contributed by atoms with Gasteiger partial charge in [0.15, 0.2) is 11.5 Å². The molecular weight excluding hydrogens is 258 g/mol. The van der Waals surface area contributed by atoms with Gasteiger partial charge in [0.1, 0.15) is 11.3 Å². The van der Waals surface area contributed by atoms with Crippen molar-refractivity contribution in [2.45, 2.75) is 19.8 Å². The molecule has 0 bridgehead atoms. The van der Waals surface area contributed by atoms with E-state index in [-0.39, 0.29) is 5.91 Å². The Morgan fingerprint density at radius 1 is 1.50 bits per heavy atom. The van der Waals surface area contributed by atoms with Gasteiger partial charge in [-0.1, -0.05) is 6.92 Å². The molecule has 0 fully saturated rings. The zero-order chi connectivity index (χ0) is 14.4. The molecule has 1 aromatic heterocycles. The van der Waals surface area contributed by atoms with E-state index in [1.807, 2.05) is 25.1 Å². The first-order chi connectivity index (χ1) is 9.72. The number of aromatic nitrogens is 1. The lowest BCUT2D eigenvalue weighted by Crippen LogP contribution is -2.29. The van der Waals surface area contributed by atoms with Crippen molar-refractivity contribution in [3.63, 3.8) is 0 Å². The predicted octanol–water partition coefficient (Wildman–Crippen LogP) is 1.23. The van der Waals surface area contributed by atoms with Crippen molar-refractivity contribution in [2.24, 2.45) is 5.73 Å². The number of nitrogens with zero attached hydrogens (tertiary/aromatic N) is 1. The summed E-state index contributed by atoms with van der Waals surface area (Å²) in [6, 6.07) is 5.45. The van der Waals surface area contributed by atoms with E-state index in [2.05, 4.69) is 10.3 Å². The highest BCUT2D eigenvalue weighted by Gasteiger charge is 2.06. The molecule has 1 amide bonds. The van der Waals surface area contributed by atoms with Crippen LogP contribution in [0.3, 0.4) is 0 Å². The first-order valence-electron chi connectivity index (χ1n) is 6.72. The fourth-order valence-electron chi connectivity index (χ4n) is 1.76. The van der Waals surface area contributed by atoms with Crippen LogP contribution in [-0.4, -0.2) is 30.6 Å². The number of carbonyl (C=O) groups excluding carboxylic acids is 1. The molecule has 0 spiro atoms. The van der Waals surface area contributed by atoms with Crippen molar-refractivity contribution in [1.29, 1.82) is 0 Å². The van der Waals surface area contributed by atoms with Gasteiger partial charge in [0.05, 0.1) is 13.0 Å². The lowest BCUT2D eigenvalue weighted by molar-refractivity contribution is -0.121. The summed E-state index contributed by atoms with van der Waals surface area (Å²) in [4.78, 5) is 15.7. The number of aryl methyl sites for hydroxylation is 1. The van der Waals surface area contributed by atoms with Crippen LogP contribution >= 0.6 is 0 Å². The molecule has 6 heteroatoms. The normalized spacial score (nSPS) is 10.7. The monoisotopic (exact) mass is 277 g/mol. The number of oxazole rings is 1. The number of nitrogens with two attached hydrogens (primary N) is 1. The molecule has 0 aliphatic carbocycles. The molecule has 0 saturated heterocycles. The molecule has 0 atom stereocenters. The third-order valence-corrected chi connectivity index (χ3v) is 2.77. The summed E-state index contributed by atoms with van der Waals surface area (Å²) in [6.45, 7) is 3.24. The van der Waals surface area contributed by atoms with Gasteiger partial charge in [-0.2, -0.15) is 0 Å². The first-order valence-corrected chi connectivity index (χ1v) is 6.72. The molecule has 6 nitrogen and oxygen atoms in total. The Labute approximate surface area is 117 Å². The first kappa shape index (κ1) is 14.3. The van der Waals surface area contributed by atoms with Gasteiger partial charge in [-0.15, -0.1) is 0 Å². The smallest absolute Gasteiger partial charge is 0.223 e.